The maximum atomic E-state index is 14.0. The fraction of sp³-hybridized carbons (Fsp3) is 0.711. The van der Waals surface area contributed by atoms with Crippen LogP contribution in [0.2, 0.25) is 0 Å². The van der Waals surface area contributed by atoms with Gasteiger partial charge in [0.15, 0.2) is 6.29 Å². The minimum absolute atomic E-state index is 0.00906. The molecule has 5 amide bonds. The molecule has 13 nitrogen and oxygen atoms in total. The monoisotopic (exact) mass is 717 g/mol. The maximum Gasteiger partial charge on any atom is 0.407 e. The van der Waals surface area contributed by atoms with Crippen molar-refractivity contribution in [2.75, 3.05) is 26.3 Å². The highest BCUT2D eigenvalue weighted by molar-refractivity contribution is 5.95. The lowest BCUT2D eigenvalue weighted by Crippen LogP contribution is -2.59. The zero-order valence-corrected chi connectivity index (χ0v) is 32.2. The maximum absolute atomic E-state index is 14.0. The standard InChI is InChI=1S/C38H63N5O8/c1-10-49-35(50-11-2)31(26(5)6)42-33(45)29-21-17-23-43(29)34(46)30(25(3)4)41-32(44)28(40-36(47)38(7,8)9)20-15-16-22-39-37(48)51-24-27-18-13-12-14-19-27/h12-14,18-19,25-26,28-31,35H,10-11,15-17,20-24H2,1-9H3,(H,39,48)(H,40,47)(H,41,44)(H,42,45)/t28-,29-,30-,31-/m0/s1. The molecule has 2 rings (SSSR count). The Morgan fingerprint density at radius 3 is 2.10 bits per heavy atom. The van der Waals surface area contributed by atoms with Crippen LogP contribution in [0.4, 0.5) is 4.79 Å². The van der Waals surface area contributed by atoms with Gasteiger partial charge in [-0.3, -0.25) is 19.2 Å². The summed E-state index contributed by atoms with van der Waals surface area (Å²) in [5, 5.41) is 11.6. The first-order valence-corrected chi connectivity index (χ1v) is 18.5. The number of ether oxygens (including phenoxy) is 3. The summed E-state index contributed by atoms with van der Waals surface area (Å²) in [5.41, 5.74) is 0.133. The van der Waals surface area contributed by atoms with Crippen LogP contribution in [0.15, 0.2) is 30.3 Å². The fourth-order valence-electron chi connectivity index (χ4n) is 5.72. The molecule has 0 aromatic heterocycles. The van der Waals surface area contributed by atoms with E-state index in [1.807, 2.05) is 71.9 Å². The Labute approximate surface area is 304 Å². The van der Waals surface area contributed by atoms with Crippen molar-refractivity contribution < 1.29 is 38.2 Å². The third kappa shape index (κ3) is 14.4. The topological polar surface area (TPSA) is 164 Å². The Morgan fingerprint density at radius 2 is 1.53 bits per heavy atom. The molecule has 0 radical (unpaired) electrons. The second-order valence-electron chi connectivity index (χ2n) is 14.7. The van der Waals surface area contributed by atoms with Crippen molar-refractivity contribution in [3.05, 3.63) is 35.9 Å². The number of hydrogen-bond acceptors (Lipinski definition) is 8. The van der Waals surface area contributed by atoms with Crippen LogP contribution in [0.1, 0.15) is 100.0 Å². The van der Waals surface area contributed by atoms with E-state index in [0.717, 1.165) is 5.56 Å². The van der Waals surface area contributed by atoms with Gasteiger partial charge in [-0.2, -0.15) is 0 Å². The first-order chi connectivity index (χ1) is 24.1. The molecule has 1 aliphatic rings. The minimum Gasteiger partial charge on any atom is -0.445 e. The van der Waals surface area contributed by atoms with Gasteiger partial charge < -0.3 is 40.4 Å². The number of rotatable bonds is 20. The lowest BCUT2D eigenvalue weighted by Gasteiger charge is -2.34. The van der Waals surface area contributed by atoms with E-state index < -0.39 is 47.9 Å². The molecule has 1 aromatic carbocycles. The van der Waals surface area contributed by atoms with Gasteiger partial charge in [0, 0.05) is 31.7 Å². The molecule has 13 heteroatoms. The highest BCUT2D eigenvalue weighted by atomic mass is 16.7. The van der Waals surface area contributed by atoms with Gasteiger partial charge in [-0.1, -0.05) is 78.8 Å². The van der Waals surface area contributed by atoms with E-state index in [-0.39, 0.29) is 36.2 Å². The van der Waals surface area contributed by atoms with Crippen molar-refractivity contribution in [1.82, 2.24) is 26.2 Å². The SMILES string of the molecule is CCOC(OCC)[C@@H](NC(=O)[C@@H]1CCCN1C(=O)[C@@H](NC(=O)[C@H](CCCCNC(=O)OCc1ccccc1)NC(=O)C(C)(C)C)C(C)C)C(C)C. The van der Waals surface area contributed by atoms with Crippen LogP contribution in [-0.4, -0.2) is 91.4 Å². The lowest BCUT2D eigenvalue weighted by molar-refractivity contribution is -0.166. The van der Waals surface area contributed by atoms with E-state index in [4.69, 9.17) is 14.2 Å². The van der Waals surface area contributed by atoms with Gasteiger partial charge in [0.05, 0.1) is 6.04 Å². The number of hydrogen-bond donors (Lipinski definition) is 4. The zero-order valence-electron chi connectivity index (χ0n) is 32.2. The summed E-state index contributed by atoms with van der Waals surface area (Å²) in [6, 6.07) is 6.42. The van der Waals surface area contributed by atoms with Gasteiger partial charge in [0.2, 0.25) is 23.6 Å². The summed E-state index contributed by atoms with van der Waals surface area (Å²) < 4.78 is 16.8. The molecule has 0 spiro atoms. The van der Waals surface area contributed by atoms with Crippen LogP contribution in [-0.2, 0) is 40.0 Å². The number of nitrogens with zero attached hydrogens (tertiary/aromatic N) is 1. The number of amides is 5. The smallest absolute Gasteiger partial charge is 0.407 e. The van der Waals surface area contributed by atoms with Crippen molar-refractivity contribution in [3.63, 3.8) is 0 Å². The molecule has 288 valence electrons. The number of carbonyl (C=O) groups excluding carboxylic acids is 5. The van der Waals surface area contributed by atoms with Crippen LogP contribution >= 0.6 is 0 Å². The molecule has 0 unspecified atom stereocenters. The zero-order chi connectivity index (χ0) is 38.1. The van der Waals surface area contributed by atoms with Crippen LogP contribution in [0, 0.1) is 17.3 Å². The average Bonchev–Trinajstić information content (AvgIpc) is 3.57. The summed E-state index contributed by atoms with van der Waals surface area (Å²) in [6.45, 7) is 18.4. The summed E-state index contributed by atoms with van der Waals surface area (Å²) in [7, 11) is 0. The van der Waals surface area contributed by atoms with Gasteiger partial charge in [-0.05, 0) is 63.4 Å². The van der Waals surface area contributed by atoms with Gasteiger partial charge in [-0.25, -0.2) is 4.79 Å². The second-order valence-corrected chi connectivity index (χ2v) is 14.7. The van der Waals surface area contributed by atoms with Crippen LogP contribution in [0.5, 0.6) is 0 Å². The molecule has 1 aliphatic heterocycles. The number of alkyl carbamates (subject to hydrolysis) is 1. The highest BCUT2D eigenvalue weighted by Gasteiger charge is 2.41. The van der Waals surface area contributed by atoms with Crippen molar-refractivity contribution in [2.45, 2.75) is 131 Å². The molecule has 1 aromatic rings. The number of carbonyl (C=O) groups is 5. The molecule has 0 saturated carbocycles. The van der Waals surface area contributed by atoms with E-state index in [2.05, 4.69) is 21.3 Å². The summed E-state index contributed by atoms with van der Waals surface area (Å²) in [5.74, 6) is -1.69. The molecular formula is C38H63N5O8. The number of unbranched alkanes of at least 4 members (excludes halogenated alkanes) is 1. The summed E-state index contributed by atoms with van der Waals surface area (Å²) >= 11 is 0. The largest absolute Gasteiger partial charge is 0.445 e. The third-order valence-electron chi connectivity index (χ3n) is 8.76. The molecule has 1 fully saturated rings. The molecule has 51 heavy (non-hydrogen) atoms. The Bertz CT molecular complexity index is 1250. The number of likely N-dealkylation sites (tertiary alicyclic amines) is 1. The molecule has 4 atom stereocenters. The van der Waals surface area contributed by atoms with Crippen molar-refractivity contribution in [3.8, 4) is 0 Å². The van der Waals surface area contributed by atoms with E-state index in [1.165, 1.54) is 0 Å². The summed E-state index contributed by atoms with van der Waals surface area (Å²) in [4.78, 5) is 68.2. The molecule has 1 saturated heterocycles. The molecule has 0 aliphatic carbocycles. The minimum atomic E-state index is -0.915. The van der Waals surface area contributed by atoms with Gasteiger partial charge >= 0.3 is 6.09 Å². The van der Waals surface area contributed by atoms with Crippen LogP contribution in [0.25, 0.3) is 0 Å². The van der Waals surface area contributed by atoms with Gasteiger partial charge in [-0.15, -0.1) is 0 Å². The van der Waals surface area contributed by atoms with Crippen molar-refractivity contribution in [1.29, 1.82) is 0 Å². The van der Waals surface area contributed by atoms with Crippen LogP contribution < -0.4 is 21.3 Å². The van der Waals surface area contributed by atoms with E-state index in [1.54, 1.807) is 25.7 Å². The molecule has 0 bridgehead atoms. The number of benzene rings is 1. The van der Waals surface area contributed by atoms with Gasteiger partial charge in [0.25, 0.3) is 0 Å². The second kappa shape index (κ2) is 21.6. The molecule has 1 heterocycles. The Morgan fingerprint density at radius 1 is 0.882 bits per heavy atom. The van der Waals surface area contributed by atoms with E-state index >= 15 is 0 Å². The Hall–Kier alpha value is -3.71. The van der Waals surface area contributed by atoms with E-state index in [9.17, 15) is 24.0 Å². The first kappa shape index (κ1) is 43.5. The Kier molecular flexibility index (Phi) is 18.4. The lowest BCUT2D eigenvalue weighted by atomic mass is 9.94. The normalized spacial score (nSPS) is 16.5. The average molecular weight is 718 g/mol. The quantitative estimate of drug-likeness (QED) is 0.115. The van der Waals surface area contributed by atoms with Gasteiger partial charge in [0.1, 0.15) is 24.7 Å². The van der Waals surface area contributed by atoms with Crippen molar-refractivity contribution >= 4 is 29.7 Å². The number of nitrogens with one attached hydrogen (secondary N) is 4. The fourth-order valence-corrected chi connectivity index (χ4v) is 5.72. The third-order valence-corrected chi connectivity index (χ3v) is 8.76. The predicted molar refractivity (Wildman–Crippen MR) is 195 cm³/mol. The van der Waals surface area contributed by atoms with Crippen LogP contribution in [0.3, 0.4) is 0 Å². The molecular weight excluding hydrogens is 654 g/mol. The molecule has 4 N–H and O–H groups in total. The summed E-state index contributed by atoms with van der Waals surface area (Å²) in [6.07, 6.45) is 1.32. The predicted octanol–water partition coefficient (Wildman–Crippen LogP) is 4.29. The highest BCUT2D eigenvalue weighted by Crippen LogP contribution is 2.22. The first-order valence-electron chi connectivity index (χ1n) is 18.5. The van der Waals surface area contributed by atoms with E-state index in [0.29, 0.717) is 58.4 Å². The Balaban J connectivity index is 2.08. The van der Waals surface area contributed by atoms with Crippen molar-refractivity contribution in [2.24, 2.45) is 17.3 Å².